The number of hydrogen-bond donors (Lipinski definition) is 2. The highest BCUT2D eigenvalue weighted by molar-refractivity contribution is 5.84. The molecule has 2 rings (SSSR count). The summed E-state index contributed by atoms with van der Waals surface area (Å²) in [5, 5.41) is 12.8. The Balaban J connectivity index is 1.88. The molecular weight excluding hydrogens is 228 g/mol. The first-order valence-electron chi connectivity index (χ1n) is 6.20. The molecule has 0 aliphatic rings. The van der Waals surface area contributed by atoms with Crippen molar-refractivity contribution in [1.82, 2.24) is 10.3 Å². The van der Waals surface area contributed by atoms with Gasteiger partial charge in [0.25, 0.3) is 0 Å². The summed E-state index contributed by atoms with van der Waals surface area (Å²) < 4.78 is 5.73. The van der Waals surface area contributed by atoms with Crippen molar-refractivity contribution in [2.75, 3.05) is 26.3 Å². The first kappa shape index (κ1) is 12.8. The number of aliphatic hydroxyl groups is 1. The fourth-order valence-electron chi connectivity index (χ4n) is 1.78. The van der Waals surface area contributed by atoms with Crippen LogP contribution in [-0.2, 0) is 0 Å². The predicted octanol–water partition coefficient (Wildman–Crippen LogP) is 1.59. The maximum Gasteiger partial charge on any atom is 0.145 e. The molecule has 2 N–H and O–H groups in total. The maximum absolute atomic E-state index is 8.62. The number of fused-ring (bicyclic) bond motifs is 1. The summed E-state index contributed by atoms with van der Waals surface area (Å²) in [4.78, 5) is 4.34. The average Bonchev–Trinajstić information content (AvgIpc) is 2.43. The third-order valence-electron chi connectivity index (χ3n) is 2.64. The van der Waals surface area contributed by atoms with E-state index in [0.29, 0.717) is 13.2 Å². The van der Waals surface area contributed by atoms with E-state index in [1.165, 1.54) is 0 Å². The Morgan fingerprint density at radius 1 is 1.17 bits per heavy atom. The van der Waals surface area contributed by atoms with Gasteiger partial charge in [-0.1, -0.05) is 18.2 Å². The standard InChI is InChI=1S/C14H18N2O2/c17-10-9-15-7-3-11-18-13-6-1-4-12-5-2-8-16-14(12)13/h1-2,4-6,8,15,17H,3,7,9-11H2. The van der Waals surface area contributed by atoms with Crippen molar-refractivity contribution >= 4 is 10.9 Å². The van der Waals surface area contributed by atoms with Crippen LogP contribution in [0.5, 0.6) is 5.75 Å². The van der Waals surface area contributed by atoms with Crippen molar-refractivity contribution in [2.45, 2.75) is 6.42 Å². The van der Waals surface area contributed by atoms with Crippen LogP contribution in [0.25, 0.3) is 10.9 Å². The van der Waals surface area contributed by atoms with Crippen molar-refractivity contribution in [2.24, 2.45) is 0 Å². The number of nitrogens with zero attached hydrogens (tertiary/aromatic N) is 1. The Hall–Kier alpha value is -1.65. The molecule has 96 valence electrons. The monoisotopic (exact) mass is 246 g/mol. The van der Waals surface area contributed by atoms with Gasteiger partial charge in [-0.05, 0) is 25.1 Å². The minimum Gasteiger partial charge on any atom is -0.491 e. The van der Waals surface area contributed by atoms with E-state index in [2.05, 4.69) is 10.3 Å². The highest BCUT2D eigenvalue weighted by Crippen LogP contribution is 2.22. The lowest BCUT2D eigenvalue weighted by Crippen LogP contribution is -2.20. The molecule has 0 saturated carbocycles. The zero-order valence-electron chi connectivity index (χ0n) is 10.3. The van der Waals surface area contributed by atoms with Crippen LogP contribution in [0.1, 0.15) is 6.42 Å². The fourth-order valence-corrected chi connectivity index (χ4v) is 1.78. The molecule has 0 amide bonds. The van der Waals surface area contributed by atoms with Crippen molar-refractivity contribution in [1.29, 1.82) is 0 Å². The van der Waals surface area contributed by atoms with E-state index in [1.54, 1.807) is 6.20 Å². The Labute approximate surface area is 107 Å². The normalized spacial score (nSPS) is 10.7. The number of hydrogen-bond acceptors (Lipinski definition) is 4. The van der Waals surface area contributed by atoms with E-state index < -0.39 is 0 Å². The molecule has 1 aromatic heterocycles. The summed E-state index contributed by atoms with van der Waals surface area (Å²) in [7, 11) is 0. The van der Waals surface area contributed by atoms with Crippen molar-refractivity contribution in [3.05, 3.63) is 36.5 Å². The van der Waals surface area contributed by atoms with E-state index in [4.69, 9.17) is 9.84 Å². The van der Waals surface area contributed by atoms with Crippen LogP contribution in [0, 0.1) is 0 Å². The Kier molecular flexibility index (Phi) is 4.93. The summed E-state index contributed by atoms with van der Waals surface area (Å²) in [6.07, 6.45) is 2.68. The molecule has 1 heterocycles. The van der Waals surface area contributed by atoms with Gasteiger partial charge in [0.05, 0.1) is 13.2 Å². The van der Waals surface area contributed by atoms with Crippen LogP contribution in [0.2, 0.25) is 0 Å². The second-order valence-electron chi connectivity index (χ2n) is 4.01. The molecule has 0 aliphatic heterocycles. The van der Waals surface area contributed by atoms with Crippen LogP contribution < -0.4 is 10.1 Å². The molecule has 0 radical (unpaired) electrons. The summed E-state index contributed by atoms with van der Waals surface area (Å²) in [5.41, 5.74) is 0.906. The second kappa shape index (κ2) is 6.93. The Morgan fingerprint density at radius 2 is 2.06 bits per heavy atom. The summed E-state index contributed by atoms with van der Waals surface area (Å²) >= 11 is 0. The van der Waals surface area contributed by atoms with Gasteiger partial charge in [0, 0.05) is 18.1 Å². The number of ether oxygens (including phenoxy) is 1. The van der Waals surface area contributed by atoms with Gasteiger partial charge in [0.2, 0.25) is 0 Å². The number of pyridine rings is 1. The second-order valence-corrected chi connectivity index (χ2v) is 4.01. The molecule has 0 aliphatic carbocycles. The number of rotatable bonds is 7. The molecule has 1 aromatic carbocycles. The highest BCUT2D eigenvalue weighted by atomic mass is 16.5. The zero-order chi connectivity index (χ0) is 12.6. The van der Waals surface area contributed by atoms with Gasteiger partial charge >= 0.3 is 0 Å². The number of para-hydroxylation sites is 1. The maximum atomic E-state index is 8.62. The molecule has 0 bridgehead atoms. The molecule has 0 fully saturated rings. The van der Waals surface area contributed by atoms with Crippen molar-refractivity contribution in [3.8, 4) is 5.75 Å². The number of benzene rings is 1. The minimum atomic E-state index is 0.175. The molecule has 0 atom stereocenters. The zero-order valence-corrected chi connectivity index (χ0v) is 10.3. The lowest BCUT2D eigenvalue weighted by molar-refractivity contribution is 0.282. The third kappa shape index (κ3) is 3.42. The van der Waals surface area contributed by atoms with E-state index in [1.807, 2.05) is 30.3 Å². The van der Waals surface area contributed by atoms with Crippen molar-refractivity contribution in [3.63, 3.8) is 0 Å². The lowest BCUT2D eigenvalue weighted by atomic mass is 10.2. The predicted molar refractivity (Wildman–Crippen MR) is 71.8 cm³/mol. The smallest absolute Gasteiger partial charge is 0.145 e. The van der Waals surface area contributed by atoms with Gasteiger partial charge in [-0.3, -0.25) is 4.98 Å². The molecule has 0 saturated heterocycles. The molecule has 2 aromatic rings. The molecule has 0 spiro atoms. The summed E-state index contributed by atoms with van der Waals surface area (Å²) in [6.45, 7) is 2.30. The van der Waals surface area contributed by atoms with Gasteiger partial charge < -0.3 is 15.2 Å². The Bertz CT molecular complexity index is 483. The average molecular weight is 246 g/mol. The van der Waals surface area contributed by atoms with Crippen LogP contribution in [0.4, 0.5) is 0 Å². The minimum absolute atomic E-state index is 0.175. The van der Waals surface area contributed by atoms with Crippen LogP contribution in [0.3, 0.4) is 0 Å². The third-order valence-corrected chi connectivity index (χ3v) is 2.64. The highest BCUT2D eigenvalue weighted by Gasteiger charge is 2.01. The number of nitrogens with one attached hydrogen (secondary N) is 1. The first-order chi connectivity index (χ1) is 8.92. The molecule has 0 unspecified atom stereocenters. The van der Waals surface area contributed by atoms with Gasteiger partial charge in [0.15, 0.2) is 0 Å². The SMILES string of the molecule is OCCNCCCOc1cccc2cccnc12. The summed E-state index contributed by atoms with van der Waals surface area (Å²) in [6, 6.07) is 9.89. The first-order valence-corrected chi connectivity index (χ1v) is 6.20. The van der Waals surface area contributed by atoms with Crippen LogP contribution in [0.15, 0.2) is 36.5 Å². The quantitative estimate of drug-likeness (QED) is 0.728. The van der Waals surface area contributed by atoms with Crippen LogP contribution in [-0.4, -0.2) is 36.4 Å². The van der Waals surface area contributed by atoms with E-state index >= 15 is 0 Å². The number of aliphatic hydroxyl groups excluding tert-OH is 1. The topological polar surface area (TPSA) is 54.4 Å². The number of aromatic nitrogens is 1. The van der Waals surface area contributed by atoms with Gasteiger partial charge in [0.1, 0.15) is 11.3 Å². The lowest BCUT2D eigenvalue weighted by Gasteiger charge is -2.08. The molecule has 4 nitrogen and oxygen atoms in total. The Morgan fingerprint density at radius 3 is 2.94 bits per heavy atom. The van der Waals surface area contributed by atoms with Crippen molar-refractivity contribution < 1.29 is 9.84 Å². The largest absolute Gasteiger partial charge is 0.491 e. The van der Waals surface area contributed by atoms with E-state index in [9.17, 15) is 0 Å². The fraction of sp³-hybridized carbons (Fsp3) is 0.357. The van der Waals surface area contributed by atoms with Gasteiger partial charge in [-0.2, -0.15) is 0 Å². The summed E-state index contributed by atoms with van der Waals surface area (Å²) in [5.74, 6) is 0.829. The van der Waals surface area contributed by atoms with Crippen LogP contribution >= 0.6 is 0 Å². The molecule has 4 heteroatoms. The van der Waals surface area contributed by atoms with E-state index in [-0.39, 0.29) is 6.61 Å². The molecular formula is C14H18N2O2. The molecule has 18 heavy (non-hydrogen) atoms. The van der Waals surface area contributed by atoms with Gasteiger partial charge in [-0.25, -0.2) is 0 Å². The van der Waals surface area contributed by atoms with E-state index in [0.717, 1.165) is 29.6 Å². The van der Waals surface area contributed by atoms with Gasteiger partial charge in [-0.15, -0.1) is 0 Å².